The summed E-state index contributed by atoms with van der Waals surface area (Å²) in [7, 11) is -1.46. The summed E-state index contributed by atoms with van der Waals surface area (Å²) in [6.07, 6.45) is 14.0. The quantitative estimate of drug-likeness (QED) is 0.171. The molecule has 6 aliphatic rings. The van der Waals surface area contributed by atoms with Crippen LogP contribution in [0.5, 0.6) is 0 Å². The average molecular weight is 719 g/mol. The summed E-state index contributed by atoms with van der Waals surface area (Å²) >= 11 is 0. The van der Waals surface area contributed by atoms with Gasteiger partial charge in [-0.3, -0.25) is 4.79 Å². The highest BCUT2D eigenvalue weighted by Crippen LogP contribution is 2.76. The van der Waals surface area contributed by atoms with Gasteiger partial charge in [-0.1, -0.05) is 59.4 Å². The standard InChI is InChI=1S/C43H62N2O5S/c1-29(28-46)32-14-19-43(44-22-23-45-24-26-51(48,49)27-25-45)21-20-41(5)34(37(32)43)12-13-36-40(4)17-15-33(30-8-10-31(11-9-30)38(47)50-7)39(2,3)35(40)16-18-42(36,41)6/h8-11,15,28,32,34-37,44H,1,12-14,16-27H2,2-7H3/t32-,34+,35-,36+,37+,40-,41+,42+,43?/m0/s1. The molecule has 1 aromatic carbocycles. The van der Waals surface area contributed by atoms with E-state index >= 15 is 0 Å². The number of fused-ring (bicyclic) bond motifs is 7. The van der Waals surface area contributed by atoms with Crippen LogP contribution < -0.4 is 5.32 Å². The van der Waals surface area contributed by atoms with E-state index in [1.807, 2.05) is 12.1 Å². The average Bonchev–Trinajstić information content (AvgIpc) is 3.48. The molecular formula is C43H62N2O5S. The molecule has 1 aromatic rings. The molecule has 8 heteroatoms. The summed E-state index contributed by atoms with van der Waals surface area (Å²) in [5, 5.41) is 4.12. The number of carbonyl (C=O) groups is 2. The maximum atomic E-state index is 12.3. The maximum Gasteiger partial charge on any atom is 0.337 e. The summed E-state index contributed by atoms with van der Waals surface area (Å²) in [4.78, 5) is 26.8. The Balaban J connectivity index is 1.15. The van der Waals surface area contributed by atoms with Crippen LogP contribution in [0.3, 0.4) is 0 Å². The molecule has 1 saturated heterocycles. The number of allylic oxidation sites excluding steroid dienone is 3. The zero-order chi connectivity index (χ0) is 36.6. The highest BCUT2D eigenvalue weighted by Gasteiger charge is 2.70. The van der Waals surface area contributed by atoms with Gasteiger partial charge in [-0.05, 0) is 138 Å². The molecule has 7 nitrogen and oxygen atoms in total. The number of rotatable bonds is 8. The van der Waals surface area contributed by atoms with E-state index in [4.69, 9.17) is 4.74 Å². The minimum absolute atomic E-state index is 0.000835. The topological polar surface area (TPSA) is 92.8 Å². The van der Waals surface area contributed by atoms with Crippen molar-refractivity contribution >= 4 is 27.7 Å². The number of esters is 1. The number of carbonyl (C=O) groups excluding carboxylic acids is 2. The molecule has 5 aliphatic carbocycles. The zero-order valence-corrected chi connectivity index (χ0v) is 32.9. The predicted molar refractivity (Wildman–Crippen MR) is 204 cm³/mol. The Kier molecular flexibility index (Phi) is 9.39. The molecule has 1 aliphatic heterocycles. The fourth-order valence-electron chi connectivity index (χ4n) is 13.8. The Hall–Kier alpha value is -2.29. The van der Waals surface area contributed by atoms with Gasteiger partial charge in [0.05, 0.1) is 24.2 Å². The number of nitrogens with zero attached hydrogens (tertiary/aromatic N) is 1. The van der Waals surface area contributed by atoms with E-state index in [-0.39, 0.29) is 50.6 Å². The lowest BCUT2D eigenvalue weighted by molar-refractivity contribution is -0.219. The third kappa shape index (κ3) is 5.75. The molecular weight excluding hydrogens is 657 g/mol. The zero-order valence-electron chi connectivity index (χ0n) is 32.1. The van der Waals surface area contributed by atoms with Crippen LogP contribution in [0.15, 0.2) is 42.5 Å². The van der Waals surface area contributed by atoms with Gasteiger partial charge in [-0.25, -0.2) is 13.2 Å². The number of benzene rings is 1. The second-order valence-corrected chi connectivity index (χ2v) is 21.0. The SMILES string of the molecule is C=C(C=O)[C@@H]1CCC2(NCCN3CCS(=O)(=O)CC3)CC[C@]3(C)[C@H](CC[C@@H]4[C@@]5(C)CC=C(c6ccc(C(=O)OC)cc6)C(C)(C)[C@@H]5CC[C@]43C)[C@@H]12. The first-order chi connectivity index (χ1) is 24.1. The Morgan fingerprint density at radius 3 is 2.31 bits per heavy atom. The molecule has 4 saturated carbocycles. The normalized spacial score (nSPS) is 41.2. The van der Waals surface area contributed by atoms with E-state index < -0.39 is 9.84 Å². The van der Waals surface area contributed by atoms with Crippen molar-refractivity contribution < 1.29 is 22.7 Å². The number of nitrogens with one attached hydrogen (secondary N) is 1. The Morgan fingerprint density at radius 2 is 1.65 bits per heavy atom. The van der Waals surface area contributed by atoms with Gasteiger partial charge in [0.2, 0.25) is 0 Å². The summed E-state index contributed by atoms with van der Waals surface area (Å²) in [6.45, 7) is 20.2. The van der Waals surface area contributed by atoms with E-state index in [0.717, 1.165) is 50.6 Å². The molecule has 0 amide bonds. The van der Waals surface area contributed by atoms with Gasteiger partial charge in [0.15, 0.2) is 9.84 Å². The van der Waals surface area contributed by atoms with Crippen molar-refractivity contribution in [2.45, 2.75) is 97.9 Å². The molecule has 5 fully saturated rings. The minimum Gasteiger partial charge on any atom is -0.465 e. The Bertz CT molecular complexity index is 1690. The summed E-state index contributed by atoms with van der Waals surface area (Å²) in [5.41, 5.74) is 4.55. The van der Waals surface area contributed by atoms with Crippen molar-refractivity contribution in [3.05, 3.63) is 53.6 Å². The maximum absolute atomic E-state index is 12.3. The molecule has 0 bridgehead atoms. The third-order valence-corrected chi connectivity index (χ3v) is 18.2. The highest BCUT2D eigenvalue weighted by molar-refractivity contribution is 7.91. The third-order valence-electron chi connectivity index (χ3n) is 16.6. The van der Waals surface area contributed by atoms with Gasteiger partial charge >= 0.3 is 5.97 Å². The smallest absolute Gasteiger partial charge is 0.337 e. The van der Waals surface area contributed by atoms with Crippen molar-refractivity contribution in [2.75, 3.05) is 44.8 Å². The van der Waals surface area contributed by atoms with Crippen LogP contribution in [0.2, 0.25) is 0 Å². The fraction of sp³-hybridized carbons (Fsp3) is 0.721. The molecule has 51 heavy (non-hydrogen) atoms. The van der Waals surface area contributed by atoms with Gasteiger partial charge in [-0.2, -0.15) is 0 Å². The molecule has 1 unspecified atom stereocenters. The van der Waals surface area contributed by atoms with Crippen LogP contribution in [0.25, 0.3) is 5.57 Å². The lowest BCUT2D eigenvalue weighted by Crippen LogP contribution is -2.68. The molecule has 1 N–H and O–H groups in total. The van der Waals surface area contributed by atoms with Crippen LogP contribution in [0.4, 0.5) is 0 Å². The second kappa shape index (κ2) is 12.9. The Labute approximate surface area is 307 Å². The number of hydrogen-bond acceptors (Lipinski definition) is 7. The van der Waals surface area contributed by atoms with Gasteiger partial charge < -0.3 is 15.0 Å². The van der Waals surface area contributed by atoms with Crippen LogP contribution in [0.1, 0.15) is 108 Å². The largest absolute Gasteiger partial charge is 0.465 e. The first-order valence-electron chi connectivity index (χ1n) is 19.8. The molecule has 0 spiro atoms. The van der Waals surface area contributed by atoms with E-state index in [2.05, 4.69) is 69.6 Å². The Morgan fingerprint density at radius 1 is 0.941 bits per heavy atom. The number of ether oxygens (including phenoxy) is 1. The second-order valence-electron chi connectivity index (χ2n) is 18.7. The molecule has 7 rings (SSSR count). The van der Waals surface area contributed by atoms with Crippen molar-refractivity contribution in [1.29, 1.82) is 0 Å². The number of aldehydes is 1. The van der Waals surface area contributed by atoms with Crippen LogP contribution in [-0.4, -0.2) is 75.9 Å². The van der Waals surface area contributed by atoms with Crippen molar-refractivity contribution in [3.63, 3.8) is 0 Å². The molecule has 280 valence electrons. The van der Waals surface area contributed by atoms with E-state index in [0.29, 0.717) is 42.3 Å². The molecule has 0 aromatic heterocycles. The number of hydrogen-bond donors (Lipinski definition) is 1. The lowest BCUT2D eigenvalue weighted by Gasteiger charge is -2.72. The van der Waals surface area contributed by atoms with E-state index in [9.17, 15) is 18.0 Å². The highest BCUT2D eigenvalue weighted by atomic mass is 32.2. The van der Waals surface area contributed by atoms with Gasteiger partial charge in [0.1, 0.15) is 6.29 Å². The minimum atomic E-state index is -2.89. The van der Waals surface area contributed by atoms with Gasteiger partial charge in [0.25, 0.3) is 0 Å². The molecule has 1 heterocycles. The van der Waals surface area contributed by atoms with Crippen LogP contribution in [-0.2, 0) is 19.4 Å². The summed E-state index contributed by atoms with van der Waals surface area (Å²) in [5.74, 6) is 2.55. The predicted octanol–water partition coefficient (Wildman–Crippen LogP) is 7.38. The van der Waals surface area contributed by atoms with E-state index in [1.165, 1.54) is 50.4 Å². The molecule has 0 radical (unpaired) electrons. The summed E-state index contributed by atoms with van der Waals surface area (Å²) < 4.78 is 29.0. The number of sulfone groups is 1. The molecule has 9 atom stereocenters. The van der Waals surface area contributed by atoms with Crippen molar-refractivity contribution in [2.24, 2.45) is 51.2 Å². The lowest BCUT2D eigenvalue weighted by atomic mass is 9.33. The van der Waals surface area contributed by atoms with E-state index in [1.54, 1.807) is 0 Å². The first kappa shape index (κ1) is 37.0. The van der Waals surface area contributed by atoms with Crippen molar-refractivity contribution in [3.8, 4) is 0 Å². The fourth-order valence-corrected chi connectivity index (χ4v) is 15.1. The van der Waals surface area contributed by atoms with Gasteiger partial charge in [-0.15, -0.1) is 0 Å². The van der Waals surface area contributed by atoms with Crippen LogP contribution >= 0.6 is 0 Å². The summed E-state index contributed by atoms with van der Waals surface area (Å²) in [6, 6.07) is 8.01. The van der Waals surface area contributed by atoms with Crippen molar-refractivity contribution in [1.82, 2.24) is 10.2 Å². The monoisotopic (exact) mass is 718 g/mol. The van der Waals surface area contributed by atoms with Crippen LogP contribution in [0, 0.1) is 51.2 Å². The first-order valence-corrected chi connectivity index (χ1v) is 21.6. The van der Waals surface area contributed by atoms with Gasteiger partial charge in [0, 0.05) is 31.7 Å². The number of methoxy groups -OCH3 is 1.